The molecule has 0 aliphatic heterocycles. The number of carboxylic acid groups (broad SMARTS) is 1. The molecule has 7 heteroatoms. The van der Waals surface area contributed by atoms with E-state index in [1.54, 1.807) is 5.38 Å². The van der Waals surface area contributed by atoms with Gasteiger partial charge in [-0.25, -0.2) is 4.79 Å². The summed E-state index contributed by atoms with van der Waals surface area (Å²) in [6, 6.07) is 2.61. The molecule has 0 saturated carbocycles. The van der Waals surface area contributed by atoms with Gasteiger partial charge in [0.25, 0.3) is 5.56 Å². The van der Waals surface area contributed by atoms with Gasteiger partial charge in [0, 0.05) is 17.9 Å². The molecule has 0 saturated heterocycles. The first kappa shape index (κ1) is 12.3. The second-order valence-corrected chi connectivity index (χ2v) is 4.35. The molecule has 2 rings (SSSR count). The molecule has 0 amide bonds. The Bertz CT molecular complexity index is 632. The SMILES string of the molecule is CCc1nc(Oc2csc(C(=O)O)c2)cc(=O)[nH]1. The molecule has 0 unspecified atom stereocenters. The second kappa shape index (κ2) is 5.01. The molecule has 0 aliphatic carbocycles. The zero-order chi connectivity index (χ0) is 13.1. The van der Waals surface area contributed by atoms with Crippen LogP contribution in [0.2, 0.25) is 0 Å². The molecule has 0 atom stereocenters. The number of ether oxygens (including phenoxy) is 1. The van der Waals surface area contributed by atoms with E-state index in [-0.39, 0.29) is 16.3 Å². The van der Waals surface area contributed by atoms with Crippen LogP contribution in [-0.4, -0.2) is 21.0 Å². The minimum atomic E-state index is -1.01. The maximum Gasteiger partial charge on any atom is 0.346 e. The van der Waals surface area contributed by atoms with E-state index >= 15 is 0 Å². The molecule has 2 aromatic heterocycles. The van der Waals surface area contributed by atoms with Crippen LogP contribution in [0.5, 0.6) is 11.6 Å². The van der Waals surface area contributed by atoms with Crippen LogP contribution in [0.3, 0.4) is 0 Å². The number of H-pyrrole nitrogens is 1. The molecule has 2 aromatic rings. The highest BCUT2D eigenvalue weighted by atomic mass is 32.1. The van der Waals surface area contributed by atoms with Crippen molar-refractivity contribution in [3.63, 3.8) is 0 Å². The van der Waals surface area contributed by atoms with Gasteiger partial charge in [0.05, 0.1) is 6.07 Å². The third-order valence-electron chi connectivity index (χ3n) is 2.11. The maximum atomic E-state index is 11.3. The maximum absolute atomic E-state index is 11.3. The molecule has 0 aliphatic rings. The van der Waals surface area contributed by atoms with Crippen LogP contribution in [-0.2, 0) is 6.42 Å². The van der Waals surface area contributed by atoms with E-state index in [9.17, 15) is 9.59 Å². The highest BCUT2D eigenvalue weighted by Gasteiger charge is 2.09. The molecule has 0 radical (unpaired) electrons. The number of hydrogen-bond acceptors (Lipinski definition) is 5. The summed E-state index contributed by atoms with van der Waals surface area (Å²) in [7, 11) is 0. The normalized spacial score (nSPS) is 10.3. The van der Waals surface area contributed by atoms with E-state index in [4.69, 9.17) is 9.84 Å². The summed E-state index contributed by atoms with van der Waals surface area (Å²) in [6.45, 7) is 1.86. The number of hydrogen-bond donors (Lipinski definition) is 2. The first-order valence-electron chi connectivity index (χ1n) is 5.18. The van der Waals surface area contributed by atoms with Gasteiger partial charge in [-0.15, -0.1) is 11.3 Å². The van der Waals surface area contributed by atoms with Gasteiger partial charge in [-0.1, -0.05) is 6.92 Å². The van der Waals surface area contributed by atoms with Gasteiger partial charge in [0.1, 0.15) is 16.5 Å². The van der Waals surface area contributed by atoms with Crippen molar-refractivity contribution in [3.05, 3.63) is 38.6 Å². The largest absolute Gasteiger partial charge is 0.477 e. The molecule has 0 aromatic carbocycles. The molecular formula is C11H10N2O4S. The quantitative estimate of drug-likeness (QED) is 0.881. The fourth-order valence-electron chi connectivity index (χ4n) is 1.31. The summed E-state index contributed by atoms with van der Waals surface area (Å²) in [6.07, 6.45) is 0.580. The van der Waals surface area contributed by atoms with Gasteiger partial charge in [-0.3, -0.25) is 4.79 Å². The van der Waals surface area contributed by atoms with Crippen LogP contribution in [0.15, 0.2) is 22.3 Å². The third kappa shape index (κ3) is 2.75. The number of carbonyl (C=O) groups is 1. The lowest BCUT2D eigenvalue weighted by Gasteiger charge is -2.02. The number of carboxylic acids is 1. The second-order valence-electron chi connectivity index (χ2n) is 3.44. The average Bonchev–Trinajstić information content (AvgIpc) is 2.76. The summed E-state index contributed by atoms with van der Waals surface area (Å²) < 4.78 is 5.35. The first-order chi connectivity index (χ1) is 8.58. The van der Waals surface area contributed by atoms with Gasteiger partial charge < -0.3 is 14.8 Å². The summed E-state index contributed by atoms with van der Waals surface area (Å²) in [4.78, 5) is 28.8. The first-order valence-corrected chi connectivity index (χ1v) is 6.06. The number of aryl methyl sites for hydroxylation is 1. The molecule has 2 N–H and O–H groups in total. The molecule has 18 heavy (non-hydrogen) atoms. The van der Waals surface area contributed by atoms with Crippen molar-refractivity contribution in [2.75, 3.05) is 0 Å². The van der Waals surface area contributed by atoms with Gasteiger partial charge in [0.2, 0.25) is 5.88 Å². The van der Waals surface area contributed by atoms with E-state index in [0.29, 0.717) is 18.0 Å². The number of rotatable bonds is 4. The van der Waals surface area contributed by atoms with E-state index in [2.05, 4.69) is 9.97 Å². The van der Waals surface area contributed by atoms with Crippen molar-refractivity contribution in [3.8, 4) is 11.6 Å². The summed E-state index contributed by atoms with van der Waals surface area (Å²) in [5.41, 5.74) is -0.300. The summed E-state index contributed by atoms with van der Waals surface area (Å²) in [5.74, 6) is 0.0250. The Morgan fingerprint density at radius 2 is 2.33 bits per heavy atom. The van der Waals surface area contributed by atoms with Crippen LogP contribution < -0.4 is 10.3 Å². The number of aromatic carboxylic acids is 1. The Labute approximate surface area is 106 Å². The van der Waals surface area contributed by atoms with Gasteiger partial charge >= 0.3 is 5.97 Å². The van der Waals surface area contributed by atoms with Crippen molar-refractivity contribution in [2.24, 2.45) is 0 Å². The molecule has 0 spiro atoms. The van der Waals surface area contributed by atoms with Gasteiger partial charge in [0.15, 0.2) is 0 Å². The zero-order valence-electron chi connectivity index (χ0n) is 9.47. The molecule has 0 bridgehead atoms. The van der Waals surface area contributed by atoms with Crippen molar-refractivity contribution >= 4 is 17.3 Å². The molecule has 2 heterocycles. The van der Waals surface area contributed by atoms with Crippen molar-refractivity contribution in [2.45, 2.75) is 13.3 Å². The highest BCUT2D eigenvalue weighted by molar-refractivity contribution is 7.12. The minimum absolute atomic E-state index is 0.158. The van der Waals surface area contributed by atoms with E-state index < -0.39 is 5.97 Å². The summed E-state index contributed by atoms with van der Waals surface area (Å²) in [5, 5.41) is 10.3. The van der Waals surface area contributed by atoms with Gasteiger partial charge in [-0.2, -0.15) is 4.98 Å². The Kier molecular flexibility index (Phi) is 3.42. The van der Waals surface area contributed by atoms with Crippen LogP contribution in [0.25, 0.3) is 0 Å². The minimum Gasteiger partial charge on any atom is -0.477 e. The van der Waals surface area contributed by atoms with E-state index in [1.807, 2.05) is 6.92 Å². The lowest BCUT2D eigenvalue weighted by atomic mass is 10.4. The number of nitrogens with one attached hydrogen (secondary N) is 1. The van der Waals surface area contributed by atoms with Crippen molar-refractivity contribution in [1.82, 2.24) is 9.97 Å². The molecule has 6 nitrogen and oxygen atoms in total. The van der Waals surface area contributed by atoms with Crippen LogP contribution in [0, 0.1) is 0 Å². The number of aromatic nitrogens is 2. The Hall–Kier alpha value is -2.15. The third-order valence-corrected chi connectivity index (χ3v) is 3.01. The molecule has 94 valence electrons. The monoisotopic (exact) mass is 266 g/mol. The predicted molar refractivity (Wildman–Crippen MR) is 65.6 cm³/mol. The van der Waals surface area contributed by atoms with Crippen LogP contribution in [0.4, 0.5) is 0 Å². The Morgan fingerprint density at radius 1 is 1.56 bits per heavy atom. The molecular weight excluding hydrogens is 256 g/mol. The number of nitrogens with zero attached hydrogens (tertiary/aromatic N) is 1. The summed E-state index contributed by atoms with van der Waals surface area (Å²) >= 11 is 1.05. The van der Waals surface area contributed by atoms with E-state index in [1.165, 1.54) is 12.1 Å². The number of thiophene rings is 1. The Balaban J connectivity index is 2.25. The average molecular weight is 266 g/mol. The van der Waals surface area contributed by atoms with Gasteiger partial charge in [-0.05, 0) is 0 Å². The van der Waals surface area contributed by atoms with Crippen molar-refractivity contribution < 1.29 is 14.6 Å². The standard InChI is InChI=1S/C11H10N2O4S/c1-2-8-12-9(14)4-10(13-8)17-6-3-7(11(15)16)18-5-6/h3-5H,2H2,1H3,(H,15,16)(H,12,13,14). The van der Waals surface area contributed by atoms with Crippen molar-refractivity contribution in [1.29, 1.82) is 0 Å². The predicted octanol–water partition coefficient (Wildman–Crippen LogP) is 1.88. The molecule has 0 fully saturated rings. The smallest absolute Gasteiger partial charge is 0.346 e. The van der Waals surface area contributed by atoms with E-state index in [0.717, 1.165) is 11.3 Å². The van der Waals surface area contributed by atoms with Crippen LogP contribution in [0.1, 0.15) is 22.4 Å². The topological polar surface area (TPSA) is 92.3 Å². The lowest BCUT2D eigenvalue weighted by molar-refractivity contribution is 0.0702. The number of aromatic amines is 1. The van der Waals surface area contributed by atoms with Crippen LogP contribution >= 0.6 is 11.3 Å². The zero-order valence-corrected chi connectivity index (χ0v) is 10.3. The lowest BCUT2D eigenvalue weighted by Crippen LogP contribution is -2.10. The highest BCUT2D eigenvalue weighted by Crippen LogP contribution is 2.25. The fraction of sp³-hybridized carbons (Fsp3) is 0.182. The fourth-order valence-corrected chi connectivity index (χ4v) is 1.95. The Morgan fingerprint density at radius 3 is 2.94 bits per heavy atom.